The molecule has 0 aliphatic heterocycles. The van der Waals surface area contributed by atoms with Crippen molar-refractivity contribution in [1.29, 1.82) is 5.26 Å². The van der Waals surface area contributed by atoms with Crippen LogP contribution in [-0.4, -0.2) is 10.1 Å². The van der Waals surface area contributed by atoms with Crippen LogP contribution in [0.2, 0.25) is 0 Å². The monoisotopic (exact) mass is 296 g/mol. The van der Waals surface area contributed by atoms with E-state index < -0.39 is 12.1 Å². The first-order valence-electron chi connectivity index (χ1n) is 3.14. The molecule has 0 saturated carbocycles. The average Bonchev–Trinajstić information content (AvgIpc) is 2.09. The molecule has 0 unspecified atom stereocenters. The SMILES string of the molecule is N#Cc1cc(C(F)F)nc(I)c1O. The second-order valence-electron chi connectivity index (χ2n) is 2.15. The lowest BCUT2D eigenvalue weighted by Gasteiger charge is -2.02. The minimum absolute atomic E-state index is 0.00644. The zero-order valence-corrected chi connectivity index (χ0v) is 8.29. The third-order valence-corrected chi connectivity index (χ3v) is 2.07. The fraction of sp³-hybridized carbons (Fsp3) is 0.143. The highest BCUT2D eigenvalue weighted by atomic mass is 127. The molecule has 0 atom stereocenters. The average molecular weight is 296 g/mol. The summed E-state index contributed by atoms with van der Waals surface area (Å²) in [5.41, 5.74) is -0.687. The second kappa shape index (κ2) is 3.83. The molecule has 0 bridgehead atoms. The third-order valence-electron chi connectivity index (χ3n) is 1.31. The molecule has 1 heterocycles. The minimum Gasteiger partial charge on any atom is -0.504 e. The van der Waals surface area contributed by atoms with E-state index in [-0.39, 0.29) is 15.0 Å². The maximum atomic E-state index is 12.1. The zero-order valence-electron chi connectivity index (χ0n) is 6.13. The Morgan fingerprint density at radius 3 is 2.69 bits per heavy atom. The van der Waals surface area contributed by atoms with Crippen molar-refractivity contribution in [2.75, 3.05) is 0 Å². The molecule has 0 saturated heterocycles. The summed E-state index contributed by atoms with van der Waals surface area (Å²) in [5, 5.41) is 17.6. The van der Waals surface area contributed by atoms with Gasteiger partial charge in [0.25, 0.3) is 6.43 Å². The van der Waals surface area contributed by atoms with Gasteiger partial charge in [0.05, 0.1) is 5.56 Å². The van der Waals surface area contributed by atoms with E-state index in [4.69, 9.17) is 10.4 Å². The van der Waals surface area contributed by atoms with Crippen LogP contribution in [0.3, 0.4) is 0 Å². The maximum absolute atomic E-state index is 12.1. The fourth-order valence-corrected chi connectivity index (χ4v) is 1.29. The van der Waals surface area contributed by atoms with E-state index >= 15 is 0 Å². The van der Waals surface area contributed by atoms with Crippen LogP contribution in [0.1, 0.15) is 17.7 Å². The smallest absolute Gasteiger partial charge is 0.280 e. The predicted octanol–water partition coefficient (Wildman–Crippen LogP) is 2.20. The molecule has 0 radical (unpaired) electrons. The molecule has 1 rings (SSSR count). The Morgan fingerprint density at radius 1 is 1.62 bits per heavy atom. The summed E-state index contributed by atoms with van der Waals surface area (Å²) in [5.74, 6) is -0.354. The van der Waals surface area contributed by atoms with Crippen molar-refractivity contribution in [3.8, 4) is 11.8 Å². The van der Waals surface area contributed by atoms with E-state index in [1.165, 1.54) is 0 Å². The van der Waals surface area contributed by atoms with Gasteiger partial charge in [0.15, 0.2) is 5.75 Å². The van der Waals surface area contributed by atoms with Gasteiger partial charge in [-0.2, -0.15) is 5.26 Å². The van der Waals surface area contributed by atoms with Crippen LogP contribution in [-0.2, 0) is 0 Å². The standard InChI is InChI=1S/C7H3F2IN2O/c8-6(9)4-1-3(2-11)5(13)7(10)12-4/h1,6,13H. The first-order valence-corrected chi connectivity index (χ1v) is 4.21. The molecular weight excluding hydrogens is 293 g/mol. The van der Waals surface area contributed by atoms with Gasteiger partial charge in [-0.25, -0.2) is 13.8 Å². The molecule has 0 amide bonds. The van der Waals surface area contributed by atoms with Crippen LogP contribution in [0, 0.1) is 15.0 Å². The van der Waals surface area contributed by atoms with Gasteiger partial charge in [-0.05, 0) is 28.7 Å². The Labute approximate surface area is 86.2 Å². The number of hydrogen-bond donors (Lipinski definition) is 1. The Kier molecular flexibility index (Phi) is 2.98. The summed E-state index contributed by atoms with van der Waals surface area (Å²) in [6.07, 6.45) is -2.73. The quantitative estimate of drug-likeness (QED) is 0.638. The molecule has 0 spiro atoms. The van der Waals surface area contributed by atoms with Crippen molar-refractivity contribution in [2.24, 2.45) is 0 Å². The third kappa shape index (κ3) is 2.03. The predicted molar refractivity (Wildman–Crippen MR) is 48.3 cm³/mol. The number of alkyl halides is 2. The number of aromatic hydroxyl groups is 1. The van der Waals surface area contributed by atoms with Gasteiger partial charge >= 0.3 is 0 Å². The number of nitriles is 1. The van der Waals surface area contributed by atoms with E-state index in [2.05, 4.69) is 4.98 Å². The highest BCUT2D eigenvalue weighted by molar-refractivity contribution is 14.1. The summed E-state index contributed by atoms with van der Waals surface area (Å²) in [6.45, 7) is 0. The Morgan fingerprint density at radius 2 is 2.23 bits per heavy atom. The largest absolute Gasteiger partial charge is 0.504 e. The molecule has 1 aromatic rings. The molecule has 0 fully saturated rings. The summed E-state index contributed by atoms with van der Waals surface area (Å²) in [7, 11) is 0. The van der Waals surface area contributed by atoms with Crippen LogP contribution in [0.4, 0.5) is 8.78 Å². The minimum atomic E-state index is -2.73. The lowest BCUT2D eigenvalue weighted by molar-refractivity contribution is 0.145. The highest BCUT2D eigenvalue weighted by Crippen LogP contribution is 2.26. The Bertz CT molecular complexity index is 375. The van der Waals surface area contributed by atoms with Gasteiger partial charge in [0.1, 0.15) is 15.5 Å². The van der Waals surface area contributed by atoms with Crippen molar-refractivity contribution in [2.45, 2.75) is 6.43 Å². The number of rotatable bonds is 1. The molecule has 13 heavy (non-hydrogen) atoms. The Balaban J connectivity index is 3.32. The van der Waals surface area contributed by atoms with Crippen LogP contribution in [0.5, 0.6) is 5.75 Å². The zero-order chi connectivity index (χ0) is 10.0. The highest BCUT2D eigenvalue weighted by Gasteiger charge is 2.15. The van der Waals surface area contributed by atoms with E-state index in [9.17, 15) is 8.78 Å². The van der Waals surface area contributed by atoms with Crippen molar-refractivity contribution in [3.05, 3.63) is 21.0 Å². The van der Waals surface area contributed by atoms with Crippen molar-refractivity contribution in [1.82, 2.24) is 4.98 Å². The molecule has 0 aliphatic rings. The fourth-order valence-electron chi connectivity index (χ4n) is 0.723. The first kappa shape index (κ1) is 10.1. The number of halogens is 3. The summed E-state index contributed by atoms with van der Waals surface area (Å²) in [4.78, 5) is 3.42. The van der Waals surface area contributed by atoms with Gasteiger partial charge in [0, 0.05) is 0 Å². The Hall–Kier alpha value is -0.970. The normalized spacial score (nSPS) is 10.1. The molecule has 0 aliphatic carbocycles. The van der Waals surface area contributed by atoms with Gasteiger partial charge in [-0.1, -0.05) is 0 Å². The molecule has 1 aromatic heterocycles. The van der Waals surface area contributed by atoms with Crippen LogP contribution in [0.15, 0.2) is 6.07 Å². The van der Waals surface area contributed by atoms with Gasteiger partial charge in [-0.3, -0.25) is 0 Å². The second-order valence-corrected chi connectivity index (χ2v) is 3.17. The number of hydrogen-bond acceptors (Lipinski definition) is 3. The van der Waals surface area contributed by atoms with Gasteiger partial charge in [-0.15, -0.1) is 0 Å². The van der Waals surface area contributed by atoms with Crippen molar-refractivity contribution >= 4 is 22.6 Å². The first-order chi connectivity index (χ1) is 6.06. The lowest BCUT2D eigenvalue weighted by Crippen LogP contribution is -1.95. The number of nitrogens with zero attached hydrogens (tertiary/aromatic N) is 2. The molecule has 68 valence electrons. The molecule has 1 N–H and O–H groups in total. The topological polar surface area (TPSA) is 56.9 Å². The maximum Gasteiger partial charge on any atom is 0.280 e. The molecule has 0 aromatic carbocycles. The van der Waals surface area contributed by atoms with Crippen LogP contribution >= 0.6 is 22.6 Å². The number of pyridine rings is 1. The molecule has 6 heteroatoms. The summed E-state index contributed by atoms with van der Waals surface area (Å²) >= 11 is 1.59. The van der Waals surface area contributed by atoms with E-state index in [0.29, 0.717) is 0 Å². The summed E-state index contributed by atoms with van der Waals surface area (Å²) in [6, 6.07) is 2.48. The molecular formula is C7H3F2IN2O. The van der Waals surface area contributed by atoms with Crippen LogP contribution < -0.4 is 0 Å². The van der Waals surface area contributed by atoms with Gasteiger partial charge in [0.2, 0.25) is 0 Å². The van der Waals surface area contributed by atoms with Crippen molar-refractivity contribution in [3.63, 3.8) is 0 Å². The van der Waals surface area contributed by atoms with Gasteiger partial charge < -0.3 is 5.11 Å². The van der Waals surface area contributed by atoms with Crippen molar-refractivity contribution < 1.29 is 13.9 Å². The molecule has 3 nitrogen and oxygen atoms in total. The summed E-state index contributed by atoms with van der Waals surface area (Å²) < 4.78 is 24.3. The van der Waals surface area contributed by atoms with E-state index in [1.54, 1.807) is 28.7 Å². The lowest BCUT2D eigenvalue weighted by atomic mass is 10.2. The van der Waals surface area contributed by atoms with Crippen LogP contribution in [0.25, 0.3) is 0 Å². The number of aromatic nitrogens is 1. The van der Waals surface area contributed by atoms with E-state index in [0.717, 1.165) is 6.07 Å². The van der Waals surface area contributed by atoms with E-state index in [1.807, 2.05) is 0 Å².